The molecule has 0 fully saturated rings. The number of nitrogens with zero attached hydrogens (tertiary/aromatic N) is 2. The van der Waals surface area contributed by atoms with Crippen molar-refractivity contribution in [3.8, 4) is 0 Å². The van der Waals surface area contributed by atoms with Gasteiger partial charge in [-0.05, 0) is 57.3 Å². The van der Waals surface area contributed by atoms with Crippen LogP contribution in [-0.4, -0.2) is 25.0 Å². The van der Waals surface area contributed by atoms with Gasteiger partial charge in [0.05, 0.1) is 6.04 Å². The largest absolute Gasteiger partial charge is 0.370 e. The predicted octanol–water partition coefficient (Wildman–Crippen LogP) is 6.79. The van der Waals surface area contributed by atoms with E-state index in [0.717, 1.165) is 27.8 Å². The normalized spacial score (nSPS) is 16.4. The summed E-state index contributed by atoms with van der Waals surface area (Å²) >= 11 is 2.99. The molecule has 4 N–H and O–H groups in total. The molecule has 0 amide bonds. The van der Waals surface area contributed by atoms with Crippen LogP contribution in [0.1, 0.15) is 26.4 Å². The quantitative estimate of drug-likeness (QED) is 0.133. The van der Waals surface area contributed by atoms with Crippen LogP contribution in [0.25, 0.3) is 10.8 Å². The van der Waals surface area contributed by atoms with E-state index in [-0.39, 0.29) is 11.4 Å². The first kappa shape index (κ1) is 26.0. The summed E-state index contributed by atoms with van der Waals surface area (Å²) in [5, 5.41) is 24.9. The average molecular weight is 592 g/mol. The zero-order valence-corrected chi connectivity index (χ0v) is 23.9. The number of benzene rings is 3. The van der Waals surface area contributed by atoms with Gasteiger partial charge in [-0.1, -0.05) is 72.0 Å². The molecule has 11 heteroatoms. The summed E-state index contributed by atoms with van der Waals surface area (Å²) in [6, 6.07) is 26.6. The lowest BCUT2D eigenvalue weighted by atomic mass is 10.0. The number of aromatic nitrogens is 2. The molecule has 3 heterocycles. The smallest absolute Gasteiger partial charge is 0.259 e. The van der Waals surface area contributed by atoms with Gasteiger partial charge in [0.25, 0.3) is 11.3 Å². The van der Waals surface area contributed by atoms with Crippen molar-refractivity contribution in [1.29, 1.82) is 0 Å². The lowest BCUT2D eigenvalue weighted by Crippen LogP contribution is -2.31. The van der Waals surface area contributed by atoms with E-state index in [1.807, 2.05) is 24.3 Å². The third kappa shape index (κ3) is 6.51. The minimum atomic E-state index is -2.10. The van der Waals surface area contributed by atoms with Crippen LogP contribution in [0.5, 0.6) is 0 Å². The third-order valence-corrected chi connectivity index (χ3v) is 9.72. The first-order chi connectivity index (χ1) is 19.1. The molecule has 0 radical (unpaired) electrons. The minimum Gasteiger partial charge on any atom is -0.370 e. The zero-order valence-electron chi connectivity index (χ0n) is 20.6. The number of hydrogen-bond donors (Lipinski definition) is 4. The number of hydrogen-bond acceptors (Lipinski definition) is 8. The van der Waals surface area contributed by atoms with E-state index >= 15 is 0 Å². The molecular formula is C28H25N5O2S4. The molecule has 3 aromatic carbocycles. The molecule has 0 spiro atoms. The Morgan fingerprint density at radius 2 is 1.79 bits per heavy atom. The van der Waals surface area contributed by atoms with Crippen LogP contribution in [0.4, 0.5) is 10.8 Å². The topological polar surface area (TPSA) is 99.2 Å². The second kappa shape index (κ2) is 11.9. The fourth-order valence-corrected chi connectivity index (χ4v) is 7.55. The number of thiophene rings is 1. The number of nitrogens with one attached hydrogen (secondary N) is 3. The molecule has 1 aliphatic heterocycles. The fraction of sp³-hybridized carbons (Fsp3) is 0.143. The Bertz CT molecular complexity index is 1620. The van der Waals surface area contributed by atoms with E-state index in [1.54, 1.807) is 34.4 Å². The zero-order chi connectivity index (χ0) is 26.6. The van der Waals surface area contributed by atoms with Gasteiger partial charge in [0, 0.05) is 22.7 Å². The Morgan fingerprint density at radius 1 is 0.974 bits per heavy atom. The third-order valence-electron chi connectivity index (χ3n) is 6.34. The Balaban J connectivity index is 1.19. The number of anilines is 2. The van der Waals surface area contributed by atoms with Crippen LogP contribution in [0.15, 0.2) is 95.3 Å². The number of fused-ring (bicyclic) bond motifs is 1. The van der Waals surface area contributed by atoms with Gasteiger partial charge < -0.3 is 10.6 Å². The monoisotopic (exact) mass is 591 g/mol. The van der Waals surface area contributed by atoms with Crippen molar-refractivity contribution in [1.82, 2.24) is 15.5 Å². The van der Waals surface area contributed by atoms with Crippen LogP contribution in [0, 0.1) is 0 Å². The van der Waals surface area contributed by atoms with Crippen molar-refractivity contribution in [3.63, 3.8) is 0 Å². The van der Waals surface area contributed by atoms with Gasteiger partial charge in [-0.15, -0.1) is 33.3 Å². The molecule has 0 saturated heterocycles. The summed E-state index contributed by atoms with van der Waals surface area (Å²) in [7, 11) is 0. The first-order valence-corrected chi connectivity index (χ1v) is 16.0. The lowest BCUT2D eigenvalue weighted by Gasteiger charge is -2.22. The van der Waals surface area contributed by atoms with E-state index in [2.05, 4.69) is 90.9 Å². The Morgan fingerprint density at radius 3 is 2.59 bits per heavy atom. The summed E-state index contributed by atoms with van der Waals surface area (Å²) in [5.41, 5.74) is 4.00. The molecule has 5 aromatic rings. The first-order valence-electron chi connectivity index (χ1n) is 12.3. The van der Waals surface area contributed by atoms with E-state index in [4.69, 9.17) is 4.55 Å². The summed E-state index contributed by atoms with van der Waals surface area (Å²) in [6.07, 6.45) is 1.44. The van der Waals surface area contributed by atoms with Crippen LogP contribution in [0.2, 0.25) is 0 Å². The number of thioether (sulfide) groups is 1. The summed E-state index contributed by atoms with van der Waals surface area (Å²) in [5.74, 6) is 0. The molecule has 198 valence electrons. The van der Waals surface area contributed by atoms with Crippen molar-refractivity contribution in [2.45, 2.75) is 24.3 Å². The molecule has 2 aromatic heterocycles. The van der Waals surface area contributed by atoms with Gasteiger partial charge in [0.15, 0.2) is 0 Å². The van der Waals surface area contributed by atoms with E-state index in [9.17, 15) is 4.21 Å². The lowest BCUT2D eigenvalue weighted by molar-refractivity contribution is 0.570. The highest BCUT2D eigenvalue weighted by molar-refractivity contribution is 8.02. The molecular weight excluding hydrogens is 567 g/mol. The SMILES string of the molecule is O=S(O)Nc1ccc(C[C@H](Nc2nnc(Cc3ccc4ccccc4c3)s2)C2=CSC(c3cccs3)N2)cc1. The summed E-state index contributed by atoms with van der Waals surface area (Å²) < 4.78 is 22.7. The Labute approximate surface area is 241 Å². The molecule has 6 rings (SSSR count). The van der Waals surface area contributed by atoms with Crippen molar-refractivity contribution >= 4 is 67.3 Å². The molecule has 1 aliphatic rings. The van der Waals surface area contributed by atoms with E-state index < -0.39 is 11.3 Å². The van der Waals surface area contributed by atoms with Gasteiger partial charge in [-0.3, -0.25) is 9.27 Å². The van der Waals surface area contributed by atoms with Crippen LogP contribution >= 0.6 is 34.4 Å². The van der Waals surface area contributed by atoms with Crippen molar-refractivity contribution < 1.29 is 8.76 Å². The van der Waals surface area contributed by atoms with Crippen LogP contribution in [0.3, 0.4) is 0 Å². The van der Waals surface area contributed by atoms with E-state index in [0.29, 0.717) is 12.1 Å². The highest BCUT2D eigenvalue weighted by atomic mass is 32.2. The predicted molar refractivity (Wildman–Crippen MR) is 164 cm³/mol. The van der Waals surface area contributed by atoms with Gasteiger partial charge in [0.1, 0.15) is 10.4 Å². The second-order valence-corrected chi connectivity index (χ2v) is 12.8. The van der Waals surface area contributed by atoms with Crippen molar-refractivity contribution in [2.24, 2.45) is 0 Å². The van der Waals surface area contributed by atoms with Gasteiger partial charge in [-0.25, -0.2) is 4.21 Å². The molecule has 0 bridgehead atoms. The minimum absolute atomic E-state index is 0.0466. The van der Waals surface area contributed by atoms with Crippen LogP contribution < -0.4 is 15.4 Å². The molecule has 0 aliphatic carbocycles. The summed E-state index contributed by atoms with van der Waals surface area (Å²) in [4.78, 5) is 1.28. The summed E-state index contributed by atoms with van der Waals surface area (Å²) in [6.45, 7) is 0. The Kier molecular flexibility index (Phi) is 7.93. The van der Waals surface area contributed by atoms with E-state index in [1.165, 1.54) is 21.2 Å². The van der Waals surface area contributed by atoms with Gasteiger partial charge in [-0.2, -0.15) is 0 Å². The molecule has 2 unspecified atom stereocenters. The average Bonchev–Trinajstić information content (AvgIpc) is 3.71. The highest BCUT2D eigenvalue weighted by Gasteiger charge is 2.26. The number of rotatable bonds is 10. The Hall–Kier alpha value is -3.22. The van der Waals surface area contributed by atoms with Crippen molar-refractivity contribution in [3.05, 3.63) is 116 Å². The maximum absolute atomic E-state index is 11.1. The molecule has 39 heavy (non-hydrogen) atoms. The molecule has 0 saturated carbocycles. The molecule has 3 atom stereocenters. The standard InChI is InChI=1S/C28H25N5O2S4/c34-39(35)33-22-11-8-18(9-12-22)15-23(24-17-37-27(29-24)25-6-3-13-36-25)30-28-32-31-26(38-28)16-19-7-10-20-4-1-2-5-21(20)14-19/h1-14,17,23,27,29,33H,15-16H2,(H,30,32)(H,34,35)/t23-,27?/m0/s1. The maximum Gasteiger partial charge on any atom is 0.259 e. The van der Waals surface area contributed by atoms with Gasteiger partial charge in [0.2, 0.25) is 5.13 Å². The van der Waals surface area contributed by atoms with Crippen molar-refractivity contribution in [2.75, 3.05) is 10.0 Å². The van der Waals surface area contributed by atoms with Gasteiger partial charge >= 0.3 is 0 Å². The molecule has 7 nitrogen and oxygen atoms in total. The maximum atomic E-state index is 11.1. The highest BCUT2D eigenvalue weighted by Crippen LogP contribution is 2.38. The van der Waals surface area contributed by atoms with Crippen LogP contribution in [-0.2, 0) is 24.1 Å². The second-order valence-electron chi connectivity index (χ2n) is 9.06. The fourth-order valence-electron chi connectivity index (χ4n) is 4.46.